The van der Waals surface area contributed by atoms with Crippen LogP contribution in [-0.2, 0) is 20.9 Å². The van der Waals surface area contributed by atoms with Gasteiger partial charge in [-0.15, -0.1) is 0 Å². The fourth-order valence-corrected chi connectivity index (χ4v) is 3.18. The Balaban J connectivity index is 1.60. The van der Waals surface area contributed by atoms with Crippen LogP contribution in [0.5, 0.6) is 0 Å². The maximum absolute atomic E-state index is 12.8. The number of pyridine rings is 1. The van der Waals surface area contributed by atoms with Crippen molar-refractivity contribution in [2.75, 3.05) is 32.8 Å². The van der Waals surface area contributed by atoms with Crippen LogP contribution in [-0.4, -0.2) is 60.6 Å². The summed E-state index contributed by atoms with van der Waals surface area (Å²) < 4.78 is 5.33. The normalized spacial score (nSPS) is 22.2. The SMILES string of the molecule is O=C(NCc1ccccn1)[C@@H]1CNCCN1C(=O)C1CCOCC1. The van der Waals surface area contributed by atoms with E-state index < -0.39 is 6.04 Å². The number of ether oxygens (including phenoxy) is 1. The lowest BCUT2D eigenvalue weighted by molar-refractivity contribution is -0.147. The summed E-state index contributed by atoms with van der Waals surface area (Å²) in [5.74, 6) is -0.0750. The first-order valence-electron chi connectivity index (χ1n) is 8.52. The number of hydrogen-bond acceptors (Lipinski definition) is 5. The summed E-state index contributed by atoms with van der Waals surface area (Å²) in [7, 11) is 0. The second-order valence-corrected chi connectivity index (χ2v) is 6.18. The van der Waals surface area contributed by atoms with Gasteiger partial charge in [0.15, 0.2) is 0 Å². The smallest absolute Gasteiger partial charge is 0.244 e. The second-order valence-electron chi connectivity index (χ2n) is 6.18. The lowest BCUT2D eigenvalue weighted by Gasteiger charge is -2.38. The number of hydrogen-bond donors (Lipinski definition) is 2. The van der Waals surface area contributed by atoms with Gasteiger partial charge in [-0.05, 0) is 25.0 Å². The van der Waals surface area contributed by atoms with Crippen LogP contribution in [0.4, 0.5) is 0 Å². The Morgan fingerprint density at radius 3 is 2.92 bits per heavy atom. The molecule has 2 fully saturated rings. The van der Waals surface area contributed by atoms with Crippen molar-refractivity contribution in [2.24, 2.45) is 5.92 Å². The van der Waals surface area contributed by atoms with E-state index in [0.29, 0.717) is 32.8 Å². The van der Waals surface area contributed by atoms with Gasteiger partial charge < -0.3 is 20.3 Å². The molecule has 24 heavy (non-hydrogen) atoms. The van der Waals surface area contributed by atoms with Crippen LogP contribution >= 0.6 is 0 Å². The highest BCUT2D eigenvalue weighted by molar-refractivity contribution is 5.89. The zero-order valence-corrected chi connectivity index (χ0v) is 13.7. The van der Waals surface area contributed by atoms with Gasteiger partial charge in [-0.1, -0.05) is 6.07 Å². The van der Waals surface area contributed by atoms with Crippen molar-refractivity contribution in [1.29, 1.82) is 0 Å². The summed E-state index contributed by atoms with van der Waals surface area (Å²) in [6, 6.07) is 5.13. The molecule has 1 aromatic heterocycles. The summed E-state index contributed by atoms with van der Waals surface area (Å²) >= 11 is 0. The molecule has 2 aliphatic rings. The maximum atomic E-state index is 12.8. The summed E-state index contributed by atoms with van der Waals surface area (Å²) in [5.41, 5.74) is 0.803. The van der Waals surface area contributed by atoms with Crippen molar-refractivity contribution in [2.45, 2.75) is 25.4 Å². The molecule has 2 saturated heterocycles. The zero-order chi connectivity index (χ0) is 16.8. The Morgan fingerprint density at radius 2 is 2.17 bits per heavy atom. The molecule has 1 aromatic rings. The van der Waals surface area contributed by atoms with Crippen LogP contribution < -0.4 is 10.6 Å². The molecular weight excluding hydrogens is 308 g/mol. The molecule has 3 rings (SSSR count). The largest absolute Gasteiger partial charge is 0.381 e. The first-order valence-corrected chi connectivity index (χ1v) is 8.52. The number of rotatable bonds is 4. The first-order chi connectivity index (χ1) is 11.8. The molecule has 0 aliphatic carbocycles. The van der Waals surface area contributed by atoms with Gasteiger partial charge in [-0.3, -0.25) is 14.6 Å². The third-order valence-corrected chi connectivity index (χ3v) is 4.57. The number of carbonyl (C=O) groups excluding carboxylic acids is 2. The number of carbonyl (C=O) groups is 2. The third kappa shape index (κ3) is 4.10. The zero-order valence-electron chi connectivity index (χ0n) is 13.7. The standard InChI is InChI=1S/C17H24N4O3/c22-16(20-11-14-3-1-2-6-19-14)15-12-18-7-8-21(15)17(23)13-4-9-24-10-5-13/h1-3,6,13,15,18H,4-5,7-12H2,(H,20,22)/t15-/m0/s1. The number of nitrogens with one attached hydrogen (secondary N) is 2. The minimum atomic E-state index is -0.460. The van der Waals surface area contributed by atoms with E-state index >= 15 is 0 Å². The highest BCUT2D eigenvalue weighted by Crippen LogP contribution is 2.19. The van der Waals surface area contributed by atoms with Crippen LogP contribution in [0, 0.1) is 5.92 Å². The lowest BCUT2D eigenvalue weighted by atomic mass is 9.97. The fraction of sp³-hybridized carbons (Fsp3) is 0.588. The molecule has 0 aromatic carbocycles. The molecule has 130 valence electrons. The topological polar surface area (TPSA) is 83.6 Å². The molecule has 0 bridgehead atoms. The molecule has 2 N–H and O–H groups in total. The van der Waals surface area contributed by atoms with Crippen LogP contribution in [0.2, 0.25) is 0 Å². The van der Waals surface area contributed by atoms with Crippen molar-refractivity contribution >= 4 is 11.8 Å². The van der Waals surface area contributed by atoms with Crippen LogP contribution in [0.25, 0.3) is 0 Å². The summed E-state index contributed by atoms with van der Waals surface area (Å²) in [5, 5.41) is 6.10. The monoisotopic (exact) mass is 332 g/mol. The van der Waals surface area contributed by atoms with E-state index in [1.807, 2.05) is 18.2 Å². The second kappa shape index (κ2) is 8.21. The van der Waals surface area contributed by atoms with E-state index in [9.17, 15) is 9.59 Å². The average Bonchev–Trinajstić information content (AvgIpc) is 2.67. The Morgan fingerprint density at radius 1 is 1.33 bits per heavy atom. The van der Waals surface area contributed by atoms with Crippen LogP contribution in [0.15, 0.2) is 24.4 Å². The maximum Gasteiger partial charge on any atom is 0.244 e. The quantitative estimate of drug-likeness (QED) is 0.806. The Bertz CT molecular complexity index is 560. The predicted octanol–water partition coefficient (Wildman–Crippen LogP) is -0.0752. The first kappa shape index (κ1) is 16.9. The van der Waals surface area contributed by atoms with E-state index in [-0.39, 0.29) is 17.7 Å². The van der Waals surface area contributed by atoms with Gasteiger partial charge in [0, 0.05) is 45.0 Å². The molecule has 0 saturated carbocycles. The van der Waals surface area contributed by atoms with E-state index in [1.54, 1.807) is 11.1 Å². The highest BCUT2D eigenvalue weighted by Gasteiger charge is 2.35. The van der Waals surface area contributed by atoms with Gasteiger partial charge in [0.05, 0.1) is 12.2 Å². The van der Waals surface area contributed by atoms with E-state index in [0.717, 1.165) is 25.1 Å². The third-order valence-electron chi connectivity index (χ3n) is 4.57. The van der Waals surface area contributed by atoms with Gasteiger partial charge in [0.1, 0.15) is 6.04 Å². The molecule has 2 aliphatic heterocycles. The van der Waals surface area contributed by atoms with Crippen LogP contribution in [0.1, 0.15) is 18.5 Å². The number of amides is 2. The Hall–Kier alpha value is -1.99. The molecule has 0 radical (unpaired) electrons. The molecule has 0 unspecified atom stereocenters. The van der Waals surface area contributed by atoms with Gasteiger partial charge in [-0.2, -0.15) is 0 Å². The van der Waals surface area contributed by atoms with Crippen LogP contribution in [0.3, 0.4) is 0 Å². The summed E-state index contributed by atoms with van der Waals surface area (Å²) in [4.78, 5) is 31.3. The van der Waals surface area contributed by atoms with E-state index in [4.69, 9.17) is 4.74 Å². The summed E-state index contributed by atoms with van der Waals surface area (Å²) in [6.45, 7) is 3.40. The van der Waals surface area contributed by atoms with E-state index in [1.165, 1.54) is 0 Å². The number of nitrogens with zero attached hydrogens (tertiary/aromatic N) is 2. The minimum absolute atomic E-state index is 0.0251. The molecule has 7 heteroatoms. The predicted molar refractivity (Wildman–Crippen MR) is 88.0 cm³/mol. The summed E-state index contributed by atoms with van der Waals surface area (Å²) in [6.07, 6.45) is 3.18. The molecular formula is C17H24N4O3. The van der Waals surface area contributed by atoms with E-state index in [2.05, 4.69) is 15.6 Å². The Labute approximate surface area is 141 Å². The molecule has 0 spiro atoms. The number of piperazine rings is 1. The Kier molecular flexibility index (Phi) is 5.77. The lowest BCUT2D eigenvalue weighted by Crippen LogP contribution is -2.60. The van der Waals surface area contributed by atoms with Crippen molar-refractivity contribution < 1.29 is 14.3 Å². The fourth-order valence-electron chi connectivity index (χ4n) is 3.18. The van der Waals surface area contributed by atoms with Crippen molar-refractivity contribution in [3.63, 3.8) is 0 Å². The molecule has 2 amide bonds. The molecule has 1 atom stereocenters. The van der Waals surface area contributed by atoms with Crippen molar-refractivity contribution in [3.05, 3.63) is 30.1 Å². The van der Waals surface area contributed by atoms with Crippen molar-refractivity contribution in [3.8, 4) is 0 Å². The number of aromatic nitrogens is 1. The van der Waals surface area contributed by atoms with Gasteiger partial charge in [0.25, 0.3) is 0 Å². The molecule has 3 heterocycles. The average molecular weight is 332 g/mol. The minimum Gasteiger partial charge on any atom is -0.381 e. The van der Waals surface area contributed by atoms with Gasteiger partial charge >= 0.3 is 0 Å². The highest BCUT2D eigenvalue weighted by atomic mass is 16.5. The van der Waals surface area contributed by atoms with Gasteiger partial charge in [0.2, 0.25) is 11.8 Å². The molecule has 7 nitrogen and oxygen atoms in total. The van der Waals surface area contributed by atoms with Gasteiger partial charge in [-0.25, -0.2) is 0 Å². The van der Waals surface area contributed by atoms with Crippen molar-refractivity contribution in [1.82, 2.24) is 20.5 Å².